The lowest BCUT2D eigenvalue weighted by atomic mass is 9.95. The Morgan fingerprint density at radius 3 is 2.67 bits per heavy atom. The van der Waals surface area contributed by atoms with E-state index < -0.39 is 29.9 Å². The zero-order valence-corrected chi connectivity index (χ0v) is 9.88. The minimum absolute atomic E-state index is 0.108. The molecule has 1 unspecified atom stereocenters. The third-order valence-corrected chi connectivity index (χ3v) is 3.22. The van der Waals surface area contributed by atoms with E-state index in [9.17, 15) is 18.0 Å². The fourth-order valence-electron chi connectivity index (χ4n) is 2.22. The van der Waals surface area contributed by atoms with Crippen LogP contribution in [0.5, 0.6) is 5.75 Å². The van der Waals surface area contributed by atoms with Crippen LogP contribution in [0, 0.1) is 11.7 Å². The average molecular weight is 258 g/mol. The molecular weight excluding hydrogens is 245 g/mol. The van der Waals surface area contributed by atoms with Crippen molar-refractivity contribution in [1.82, 2.24) is 0 Å². The molecule has 0 saturated heterocycles. The van der Waals surface area contributed by atoms with Crippen molar-refractivity contribution in [3.05, 3.63) is 29.6 Å². The molecule has 2 rings (SSSR count). The first-order valence-corrected chi connectivity index (χ1v) is 5.68. The molecule has 0 heterocycles. The fraction of sp³-hybridized carbons (Fsp3) is 0.462. The van der Waals surface area contributed by atoms with Gasteiger partial charge in [-0.25, -0.2) is 13.2 Å². The first-order valence-electron chi connectivity index (χ1n) is 5.68. The Bertz CT molecular complexity index is 471. The molecule has 18 heavy (non-hydrogen) atoms. The number of hydrogen-bond donors (Lipinski definition) is 0. The van der Waals surface area contributed by atoms with Gasteiger partial charge < -0.3 is 4.74 Å². The Morgan fingerprint density at radius 1 is 1.44 bits per heavy atom. The predicted molar refractivity (Wildman–Crippen MR) is 59.6 cm³/mol. The van der Waals surface area contributed by atoms with Gasteiger partial charge in [0.05, 0.1) is 12.7 Å². The largest absolute Gasteiger partial charge is 0.497 e. The smallest absolute Gasteiger partial charge is 0.248 e. The number of hydrogen-bond acceptors (Lipinski definition) is 2. The van der Waals surface area contributed by atoms with E-state index in [1.807, 2.05) is 0 Å². The van der Waals surface area contributed by atoms with Gasteiger partial charge in [0.15, 0.2) is 5.78 Å². The van der Waals surface area contributed by atoms with Crippen LogP contribution in [0.15, 0.2) is 18.2 Å². The standard InChI is InChI=1S/C13H13F3O2/c1-18-9-2-3-10(11(14)6-9)12(17)8-4-5-13(15,16)7-8/h2-3,6,8H,4-5,7H2,1H3. The van der Waals surface area contributed by atoms with Gasteiger partial charge in [-0.1, -0.05) is 0 Å². The van der Waals surface area contributed by atoms with Crippen molar-refractivity contribution in [1.29, 1.82) is 0 Å². The van der Waals surface area contributed by atoms with Crippen LogP contribution < -0.4 is 4.74 Å². The molecule has 98 valence electrons. The summed E-state index contributed by atoms with van der Waals surface area (Å²) in [5, 5.41) is 0. The Labute approximate surface area is 103 Å². The van der Waals surface area contributed by atoms with Crippen molar-refractivity contribution in [3.8, 4) is 5.75 Å². The zero-order valence-electron chi connectivity index (χ0n) is 9.88. The molecular formula is C13H13F3O2. The number of carbonyl (C=O) groups is 1. The number of carbonyl (C=O) groups excluding carboxylic acids is 1. The minimum Gasteiger partial charge on any atom is -0.497 e. The van der Waals surface area contributed by atoms with Crippen LogP contribution in [0.2, 0.25) is 0 Å². The third-order valence-electron chi connectivity index (χ3n) is 3.22. The average Bonchev–Trinajstić information content (AvgIpc) is 2.68. The molecule has 5 heteroatoms. The molecule has 1 aromatic rings. The highest BCUT2D eigenvalue weighted by atomic mass is 19.3. The van der Waals surface area contributed by atoms with Crippen molar-refractivity contribution in [3.63, 3.8) is 0 Å². The topological polar surface area (TPSA) is 26.3 Å². The van der Waals surface area contributed by atoms with Crippen molar-refractivity contribution in [2.45, 2.75) is 25.2 Å². The first kappa shape index (κ1) is 12.9. The van der Waals surface area contributed by atoms with E-state index in [4.69, 9.17) is 4.74 Å². The van der Waals surface area contributed by atoms with Crippen LogP contribution in [-0.2, 0) is 0 Å². The summed E-state index contributed by atoms with van der Waals surface area (Å²) >= 11 is 0. The molecule has 0 N–H and O–H groups in total. The van der Waals surface area contributed by atoms with Gasteiger partial charge in [0.2, 0.25) is 5.92 Å². The number of ketones is 1. The van der Waals surface area contributed by atoms with Gasteiger partial charge in [-0.3, -0.25) is 4.79 Å². The summed E-state index contributed by atoms with van der Waals surface area (Å²) in [4.78, 5) is 11.9. The third kappa shape index (κ3) is 2.49. The highest BCUT2D eigenvalue weighted by Crippen LogP contribution is 2.40. The second kappa shape index (κ2) is 4.63. The molecule has 0 spiro atoms. The molecule has 0 aromatic heterocycles. The van der Waals surface area contributed by atoms with E-state index in [0.29, 0.717) is 5.75 Å². The minimum atomic E-state index is -2.80. The van der Waals surface area contributed by atoms with E-state index >= 15 is 0 Å². The summed E-state index contributed by atoms with van der Waals surface area (Å²) in [6.07, 6.45) is -0.685. The fourth-order valence-corrected chi connectivity index (χ4v) is 2.22. The second-order valence-electron chi connectivity index (χ2n) is 4.51. The van der Waals surface area contributed by atoms with Gasteiger partial charge >= 0.3 is 0 Å². The molecule has 1 aromatic carbocycles. The number of ether oxygens (including phenoxy) is 1. The molecule has 1 atom stereocenters. The van der Waals surface area contributed by atoms with Gasteiger partial charge in [-0.15, -0.1) is 0 Å². The first-order chi connectivity index (χ1) is 8.43. The molecule has 1 saturated carbocycles. The summed E-state index contributed by atoms with van der Waals surface area (Å²) < 4.78 is 44.5. The van der Waals surface area contributed by atoms with Gasteiger partial charge in [0.25, 0.3) is 0 Å². The number of halogens is 3. The van der Waals surface area contributed by atoms with Crippen LogP contribution in [0.4, 0.5) is 13.2 Å². The summed E-state index contributed by atoms with van der Waals surface area (Å²) in [5.74, 6) is -4.57. The molecule has 1 aliphatic rings. The molecule has 0 radical (unpaired) electrons. The lowest BCUT2D eigenvalue weighted by Crippen LogP contribution is -2.16. The highest BCUT2D eigenvalue weighted by Gasteiger charge is 2.42. The molecule has 0 aliphatic heterocycles. The lowest BCUT2D eigenvalue weighted by molar-refractivity contribution is 0.00527. The van der Waals surface area contributed by atoms with Crippen molar-refractivity contribution in [2.24, 2.45) is 5.92 Å². The van der Waals surface area contributed by atoms with Crippen LogP contribution in [0.3, 0.4) is 0 Å². The SMILES string of the molecule is COc1ccc(C(=O)C2CCC(F)(F)C2)c(F)c1. The van der Waals surface area contributed by atoms with Crippen LogP contribution >= 0.6 is 0 Å². The quantitative estimate of drug-likeness (QED) is 0.776. The number of Topliss-reactive ketones (excluding diaryl/α,β-unsaturated/α-hetero) is 1. The normalized spacial score (nSPS) is 21.9. The lowest BCUT2D eigenvalue weighted by Gasteiger charge is -2.11. The maximum absolute atomic E-state index is 13.6. The van der Waals surface area contributed by atoms with Crippen molar-refractivity contribution in [2.75, 3.05) is 7.11 Å². The predicted octanol–water partition coefficient (Wildman–Crippen LogP) is 3.45. The van der Waals surface area contributed by atoms with E-state index in [-0.39, 0.29) is 18.4 Å². The monoisotopic (exact) mass is 258 g/mol. The van der Waals surface area contributed by atoms with E-state index in [2.05, 4.69) is 0 Å². The number of methoxy groups -OCH3 is 1. The van der Waals surface area contributed by atoms with Gasteiger partial charge in [-0.2, -0.15) is 0 Å². The zero-order chi connectivity index (χ0) is 13.3. The Balaban J connectivity index is 2.19. The number of alkyl halides is 2. The van der Waals surface area contributed by atoms with E-state index in [0.717, 1.165) is 6.07 Å². The van der Waals surface area contributed by atoms with E-state index in [1.54, 1.807) is 0 Å². The molecule has 0 bridgehead atoms. The molecule has 1 fully saturated rings. The number of benzene rings is 1. The molecule has 2 nitrogen and oxygen atoms in total. The van der Waals surface area contributed by atoms with Crippen molar-refractivity contribution < 1.29 is 22.7 Å². The maximum atomic E-state index is 13.6. The highest BCUT2D eigenvalue weighted by molar-refractivity contribution is 5.98. The Hall–Kier alpha value is -1.52. The van der Waals surface area contributed by atoms with Crippen LogP contribution in [0.1, 0.15) is 29.6 Å². The van der Waals surface area contributed by atoms with Gasteiger partial charge in [0, 0.05) is 24.8 Å². The second-order valence-corrected chi connectivity index (χ2v) is 4.51. The van der Waals surface area contributed by atoms with Crippen LogP contribution in [-0.4, -0.2) is 18.8 Å². The van der Waals surface area contributed by atoms with Crippen molar-refractivity contribution >= 4 is 5.78 Å². The Kier molecular flexibility index (Phi) is 3.32. The van der Waals surface area contributed by atoms with Gasteiger partial charge in [-0.05, 0) is 18.6 Å². The molecule has 0 amide bonds. The van der Waals surface area contributed by atoms with Gasteiger partial charge in [0.1, 0.15) is 11.6 Å². The molecule has 1 aliphatic carbocycles. The summed E-state index contributed by atoms with van der Waals surface area (Å²) in [6, 6.07) is 3.82. The number of rotatable bonds is 3. The summed E-state index contributed by atoms with van der Waals surface area (Å²) in [7, 11) is 1.38. The summed E-state index contributed by atoms with van der Waals surface area (Å²) in [6.45, 7) is 0. The maximum Gasteiger partial charge on any atom is 0.248 e. The van der Waals surface area contributed by atoms with Crippen LogP contribution in [0.25, 0.3) is 0 Å². The summed E-state index contributed by atoms with van der Waals surface area (Å²) in [5.41, 5.74) is -0.140. The Morgan fingerprint density at radius 2 is 2.17 bits per heavy atom. The van der Waals surface area contributed by atoms with E-state index in [1.165, 1.54) is 19.2 Å².